The van der Waals surface area contributed by atoms with Crippen LogP contribution in [0.5, 0.6) is 0 Å². The number of rotatable bonds is 4. The average molecular weight is 367 g/mol. The van der Waals surface area contributed by atoms with Crippen LogP contribution in [-0.2, 0) is 0 Å². The lowest BCUT2D eigenvalue weighted by Gasteiger charge is -2.10. The summed E-state index contributed by atoms with van der Waals surface area (Å²) in [5.41, 5.74) is 3.61. The zero-order chi connectivity index (χ0) is 13.8. The van der Waals surface area contributed by atoms with Gasteiger partial charge in [0.15, 0.2) is 5.82 Å². The summed E-state index contributed by atoms with van der Waals surface area (Å²) in [7, 11) is 0. The highest BCUT2D eigenvalue weighted by atomic mass is 127. The Morgan fingerprint density at radius 3 is 2.79 bits per heavy atom. The van der Waals surface area contributed by atoms with Crippen molar-refractivity contribution in [2.45, 2.75) is 27.2 Å². The molecule has 0 aliphatic rings. The standard InChI is InChI=1S/C15H18IN3/c1-4-8-17-15-13(16)9-18-14(19-15)12-7-5-6-10(2)11(12)3/h5-7,9H,4,8H2,1-3H3,(H,17,18,19). The van der Waals surface area contributed by atoms with Crippen LogP contribution < -0.4 is 5.32 Å². The fourth-order valence-corrected chi connectivity index (χ4v) is 2.31. The molecule has 0 atom stereocenters. The van der Waals surface area contributed by atoms with Crippen molar-refractivity contribution >= 4 is 28.4 Å². The second-order valence-electron chi connectivity index (χ2n) is 4.56. The monoisotopic (exact) mass is 367 g/mol. The van der Waals surface area contributed by atoms with Gasteiger partial charge in [-0.2, -0.15) is 0 Å². The first-order chi connectivity index (χ1) is 9.13. The van der Waals surface area contributed by atoms with E-state index in [2.05, 4.69) is 76.8 Å². The molecule has 0 fully saturated rings. The predicted octanol–water partition coefficient (Wildman–Crippen LogP) is 4.19. The number of anilines is 1. The molecule has 0 spiro atoms. The zero-order valence-corrected chi connectivity index (χ0v) is 13.7. The first-order valence-electron chi connectivity index (χ1n) is 6.46. The minimum absolute atomic E-state index is 0.792. The molecule has 1 heterocycles. The summed E-state index contributed by atoms with van der Waals surface area (Å²) in [5, 5.41) is 3.35. The second kappa shape index (κ2) is 6.32. The molecule has 0 radical (unpaired) electrons. The van der Waals surface area contributed by atoms with Crippen LogP contribution in [0.1, 0.15) is 24.5 Å². The Hall–Kier alpha value is -1.17. The number of aromatic nitrogens is 2. The summed E-state index contributed by atoms with van der Waals surface area (Å²) in [4.78, 5) is 9.11. The summed E-state index contributed by atoms with van der Waals surface area (Å²) >= 11 is 2.26. The third-order valence-electron chi connectivity index (χ3n) is 3.13. The maximum Gasteiger partial charge on any atom is 0.161 e. The smallest absolute Gasteiger partial charge is 0.161 e. The number of halogens is 1. The van der Waals surface area contributed by atoms with Gasteiger partial charge in [-0.1, -0.05) is 25.1 Å². The lowest BCUT2D eigenvalue weighted by atomic mass is 10.0. The van der Waals surface area contributed by atoms with E-state index in [-0.39, 0.29) is 0 Å². The van der Waals surface area contributed by atoms with E-state index in [4.69, 9.17) is 0 Å². The molecule has 4 heteroatoms. The highest BCUT2D eigenvalue weighted by Gasteiger charge is 2.09. The van der Waals surface area contributed by atoms with E-state index in [0.29, 0.717) is 0 Å². The quantitative estimate of drug-likeness (QED) is 0.824. The van der Waals surface area contributed by atoms with Crippen molar-refractivity contribution in [3.8, 4) is 11.4 Å². The average Bonchev–Trinajstić information content (AvgIpc) is 2.41. The van der Waals surface area contributed by atoms with Crippen molar-refractivity contribution in [2.75, 3.05) is 11.9 Å². The van der Waals surface area contributed by atoms with Crippen molar-refractivity contribution in [3.05, 3.63) is 39.1 Å². The van der Waals surface area contributed by atoms with E-state index in [0.717, 1.165) is 33.7 Å². The van der Waals surface area contributed by atoms with Crippen molar-refractivity contribution in [1.29, 1.82) is 0 Å². The summed E-state index contributed by atoms with van der Waals surface area (Å²) in [6.07, 6.45) is 2.96. The second-order valence-corrected chi connectivity index (χ2v) is 5.73. The van der Waals surface area contributed by atoms with Gasteiger partial charge in [-0.3, -0.25) is 0 Å². The van der Waals surface area contributed by atoms with Gasteiger partial charge in [-0.25, -0.2) is 9.97 Å². The van der Waals surface area contributed by atoms with Crippen molar-refractivity contribution in [1.82, 2.24) is 9.97 Å². The van der Waals surface area contributed by atoms with E-state index in [9.17, 15) is 0 Å². The molecule has 0 unspecified atom stereocenters. The van der Waals surface area contributed by atoms with Gasteiger partial charge in [-0.05, 0) is 54.0 Å². The Morgan fingerprint density at radius 1 is 1.26 bits per heavy atom. The van der Waals surface area contributed by atoms with E-state index in [1.165, 1.54) is 11.1 Å². The molecular weight excluding hydrogens is 349 g/mol. The van der Waals surface area contributed by atoms with Gasteiger partial charge in [0.1, 0.15) is 5.82 Å². The Bertz CT molecular complexity index is 582. The molecule has 0 aliphatic heterocycles. The van der Waals surface area contributed by atoms with Gasteiger partial charge in [0, 0.05) is 18.3 Å². The Labute approximate surface area is 128 Å². The van der Waals surface area contributed by atoms with Crippen LogP contribution in [0.25, 0.3) is 11.4 Å². The summed E-state index contributed by atoms with van der Waals surface area (Å²) in [5.74, 6) is 1.72. The fourth-order valence-electron chi connectivity index (χ4n) is 1.86. The highest BCUT2D eigenvalue weighted by molar-refractivity contribution is 14.1. The normalized spacial score (nSPS) is 10.5. The molecule has 3 nitrogen and oxygen atoms in total. The zero-order valence-electron chi connectivity index (χ0n) is 11.5. The van der Waals surface area contributed by atoms with Gasteiger partial charge < -0.3 is 5.32 Å². The molecule has 1 aromatic heterocycles. The van der Waals surface area contributed by atoms with Gasteiger partial charge in [0.25, 0.3) is 0 Å². The van der Waals surface area contributed by atoms with Crippen molar-refractivity contribution in [2.24, 2.45) is 0 Å². The molecule has 0 saturated heterocycles. The minimum atomic E-state index is 0.792. The molecule has 0 amide bonds. The molecule has 2 rings (SSSR count). The van der Waals surface area contributed by atoms with Crippen LogP contribution in [0.4, 0.5) is 5.82 Å². The SMILES string of the molecule is CCCNc1nc(-c2cccc(C)c2C)ncc1I. The largest absolute Gasteiger partial charge is 0.369 e. The number of nitrogens with one attached hydrogen (secondary N) is 1. The van der Waals surface area contributed by atoms with Crippen molar-refractivity contribution < 1.29 is 0 Å². The number of benzene rings is 1. The van der Waals surface area contributed by atoms with E-state index in [1.54, 1.807) is 0 Å². The lowest BCUT2D eigenvalue weighted by Crippen LogP contribution is -2.06. The number of hydrogen-bond donors (Lipinski definition) is 1. The van der Waals surface area contributed by atoms with Crippen LogP contribution in [0.2, 0.25) is 0 Å². The highest BCUT2D eigenvalue weighted by Crippen LogP contribution is 2.24. The Kier molecular flexibility index (Phi) is 4.74. The lowest BCUT2D eigenvalue weighted by molar-refractivity contribution is 0.963. The molecule has 0 bridgehead atoms. The van der Waals surface area contributed by atoms with Gasteiger partial charge in [-0.15, -0.1) is 0 Å². The number of hydrogen-bond acceptors (Lipinski definition) is 3. The maximum absolute atomic E-state index is 4.65. The van der Waals surface area contributed by atoms with E-state index >= 15 is 0 Å². The van der Waals surface area contributed by atoms with Gasteiger partial charge >= 0.3 is 0 Å². The molecule has 1 N–H and O–H groups in total. The van der Waals surface area contributed by atoms with Crippen LogP contribution in [0.3, 0.4) is 0 Å². The van der Waals surface area contributed by atoms with Crippen LogP contribution in [-0.4, -0.2) is 16.5 Å². The van der Waals surface area contributed by atoms with Crippen molar-refractivity contribution in [3.63, 3.8) is 0 Å². The predicted molar refractivity (Wildman–Crippen MR) is 88.4 cm³/mol. The van der Waals surface area contributed by atoms with Crippen LogP contribution in [0.15, 0.2) is 24.4 Å². The summed E-state index contributed by atoms with van der Waals surface area (Å²) in [6.45, 7) is 7.30. The number of nitrogens with zero attached hydrogens (tertiary/aromatic N) is 2. The Morgan fingerprint density at radius 2 is 2.05 bits per heavy atom. The molecule has 100 valence electrons. The molecule has 19 heavy (non-hydrogen) atoms. The summed E-state index contributed by atoms with van der Waals surface area (Å²) in [6, 6.07) is 6.24. The molecule has 0 aliphatic carbocycles. The van der Waals surface area contributed by atoms with E-state index < -0.39 is 0 Å². The molecule has 2 aromatic rings. The number of aryl methyl sites for hydroxylation is 1. The maximum atomic E-state index is 4.65. The van der Waals surface area contributed by atoms with Crippen LogP contribution in [0, 0.1) is 17.4 Å². The van der Waals surface area contributed by atoms with E-state index in [1.807, 2.05) is 6.20 Å². The van der Waals surface area contributed by atoms with Gasteiger partial charge in [0.2, 0.25) is 0 Å². The molecule has 1 aromatic carbocycles. The summed E-state index contributed by atoms with van der Waals surface area (Å²) < 4.78 is 1.06. The fraction of sp³-hybridized carbons (Fsp3) is 0.333. The molecule has 0 saturated carbocycles. The Balaban J connectivity index is 2.42. The molecular formula is C15H18IN3. The first kappa shape index (κ1) is 14.2. The van der Waals surface area contributed by atoms with Gasteiger partial charge in [0.05, 0.1) is 3.57 Å². The topological polar surface area (TPSA) is 37.8 Å². The third-order valence-corrected chi connectivity index (χ3v) is 3.92. The third kappa shape index (κ3) is 3.23. The first-order valence-corrected chi connectivity index (χ1v) is 7.54. The minimum Gasteiger partial charge on any atom is -0.369 e. The van der Waals surface area contributed by atoms with Crippen LogP contribution >= 0.6 is 22.6 Å².